The quantitative estimate of drug-likeness (QED) is 0.858. The van der Waals surface area contributed by atoms with Gasteiger partial charge >= 0.3 is 0 Å². The number of carbonyl (C=O) groups is 2. The van der Waals surface area contributed by atoms with E-state index in [1.54, 1.807) is 0 Å². The fraction of sp³-hybridized carbons (Fsp3) is 0.579. The molecule has 3 rings (SSSR count). The van der Waals surface area contributed by atoms with Crippen molar-refractivity contribution in [1.29, 1.82) is 0 Å². The van der Waals surface area contributed by atoms with E-state index in [-0.39, 0.29) is 17.9 Å². The maximum absolute atomic E-state index is 12.5. The lowest BCUT2D eigenvalue weighted by molar-refractivity contribution is -0.132. The van der Waals surface area contributed by atoms with E-state index in [4.69, 9.17) is 0 Å². The van der Waals surface area contributed by atoms with Crippen LogP contribution in [0.25, 0.3) is 0 Å². The topological polar surface area (TPSA) is 64.7 Å². The minimum absolute atomic E-state index is 0.0160. The lowest BCUT2D eigenvalue weighted by atomic mass is 10.0. The molecule has 6 heteroatoms. The molecule has 0 saturated carbocycles. The van der Waals surface area contributed by atoms with Crippen LogP contribution in [0.15, 0.2) is 24.3 Å². The second-order valence-corrected chi connectivity index (χ2v) is 7.05. The number of benzene rings is 1. The molecule has 0 aromatic heterocycles. The predicted octanol–water partition coefficient (Wildman–Crippen LogP) is 1.08. The third-order valence-corrected chi connectivity index (χ3v) is 5.03. The molecular weight excluding hydrogens is 316 g/mol. The summed E-state index contributed by atoms with van der Waals surface area (Å²) in [5, 5.41) is 6.23. The number of piperazine rings is 1. The van der Waals surface area contributed by atoms with Crippen molar-refractivity contribution in [2.75, 3.05) is 45.1 Å². The first-order valence-electron chi connectivity index (χ1n) is 9.21. The van der Waals surface area contributed by atoms with E-state index < -0.39 is 0 Å². The fourth-order valence-corrected chi connectivity index (χ4v) is 3.41. The van der Waals surface area contributed by atoms with E-state index in [1.165, 1.54) is 0 Å². The summed E-state index contributed by atoms with van der Waals surface area (Å²) in [5.41, 5.74) is 1.71. The van der Waals surface area contributed by atoms with Crippen LogP contribution in [0.3, 0.4) is 0 Å². The largest absolute Gasteiger partial charge is 0.340 e. The van der Waals surface area contributed by atoms with Crippen molar-refractivity contribution in [3.05, 3.63) is 29.8 Å². The molecule has 1 atom stereocenters. The zero-order valence-corrected chi connectivity index (χ0v) is 15.0. The van der Waals surface area contributed by atoms with Gasteiger partial charge in [0, 0.05) is 31.9 Å². The third kappa shape index (κ3) is 5.03. The molecule has 2 aliphatic rings. The van der Waals surface area contributed by atoms with E-state index in [0.29, 0.717) is 6.42 Å². The van der Waals surface area contributed by atoms with Crippen molar-refractivity contribution < 1.29 is 9.59 Å². The van der Waals surface area contributed by atoms with Gasteiger partial charge < -0.3 is 20.4 Å². The first-order chi connectivity index (χ1) is 12.1. The highest BCUT2D eigenvalue weighted by atomic mass is 16.2. The van der Waals surface area contributed by atoms with Gasteiger partial charge in [0.2, 0.25) is 11.8 Å². The third-order valence-electron chi connectivity index (χ3n) is 5.03. The lowest BCUT2D eigenvalue weighted by Gasteiger charge is -2.32. The molecule has 2 fully saturated rings. The summed E-state index contributed by atoms with van der Waals surface area (Å²) in [7, 11) is 2.08. The van der Waals surface area contributed by atoms with Crippen LogP contribution in [0.2, 0.25) is 0 Å². The fourth-order valence-electron chi connectivity index (χ4n) is 3.41. The van der Waals surface area contributed by atoms with Crippen LogP contribution in [-0.4, -0.2) is 67.4 Å². The van der Waals surface area contributed by atoms with Gasteiger partial charge in [-0.2, -0.15) is 0 Å². The molecule has 2 amide bonds. The Labute approximate surface area is 149 Å². The molecule has 25 heavy (non-hydrogen) atoms. The van der Waals surface area contributed by atoms with Crippen LogP contribution in [0.1, 0.15) is 24.8 Å². The molecule has 6 nitrogen and oxygen atoms in total. The summed E-state index contributed by atoms with van der Waals surface area (Å²) >= 11 is 0. The Hall–Kier alpha value is -1.92. The molecule has 2 aliphatic heterocycles. The molecule has 0 radical (unpaired) electrons. The zero-order chi connectivity index (χ0) is 17.6. The molecule has 2 heterocycles. The number of piperidine rings is 1. The number of nitrogens with zero attached hydrogens (tertiary/aromatic N) is 2. The van der Waals surface area contributed by atoms with E-state index in [9.17, 15) is 9.59 Å². The van der Waals surface area contributed by atoms with Gasteiger partial charge in [-0.05, 0) is 44.1 Å². The average Bonchev–Trinajstić information content (AvgIpc) is 2.63. The van der Waals surface area contributed by atoms with Crippen LogP contribution in [0.5, 0.6) is 0 Å². The predicted molar refractivity (Wildman–Crippen MR) is 98.5 cm³/mol. The second kappa shape index (κ2) is 8.45. The van der Waals surface area contributed by atoms with Gasteiger partial charge in [-0.15, -0.1) is 0 Å². The van der Waals surface area contributed by atoms with Crippen molar-refractivity contribution in [2.45, 2.75) is 31.7 Å². The summed E-state index contributed by atoms with van der Waals surface area (Å²) < 4.78 is 0. The van der Waals surface area contributed by atoms with Gasteiger partial charge in [-0.1, -0.05) is 18.6 Å². The summed E-state index contributed by atoms with van der Waals surface area (Å²) in [6, 6.07) is 7.53. The maximum atomic E-state index is 12.5. The molecule has 2 saturated heterocycles. The van der Waals surface area contributed by atoms with E-state index in [1.807, 2.05) is 29.2 Å². The van der Waals surface area contributed by atoms with Gasteiger partial charge in [-0.25, -0.2) is 0 Å². The van der Waals surface area contributed by atoms with Crippen LogP contribution >= 0.6 is 0 Å². The minimum Gasteiger partial charge on any atom is -0.340 e. The van der Waals surface area contributed by atoms with Crippen LogP contribution < -0.4 is 10.6 Å². The van der Waals surface area contributed by atoms with Crippen molar-refractivity contribution in [2.24, 2.45) is 0 Å². The van der Waals surface area contributed by atoms with Gasteiger partial charge in [0.05, 0.1) is 12.5 Å². The molecule has 0 aliphatic carbocycles. The maximum Gasteiger partial charge on any atom is 0.241 e. The Morgan fingerprint density at radius 3 is 2.72 bits per heavy atom. The van der Waals surface area contributed by atoms with Crippen LogP contribution in [0.4, 0.5) is 5.69 Å². The molecule has 136 valence electrons. The summed E-state index contributed by atoms with van der Waals surface area (Å²) in [6.45, 7) is 4.34. The van der Waals surface area contributed by atoms with Crippen molar-refractivity contribution in [3.8, 4) is 0 Å². The Morgan fingerprint density at radius 2 is 2.00 bits per heavy atom. The van der Waals surface area contributed by atoms with Gasteiger partial charge in [0.1, 0.15) is 0 Å². The summed E-state index contributed by atoms with van der Waals surface area (Å²) in [5.74, 6) is 0.174. The van der Waals surface area contributed by atoms with Gasteiger partial charge in [0.25, 0.3) is 0 Å². The van der Waals surface area contributed by atoms with E-state index in [0.717, 1.165) is 63.2 Å². The molecule has 1 aromatic rings. The normalized spacial score (nSPS) is 21.8. The molecule has 0 unspecified atom stereocenters. The van der Waals surface area contributed by atoms with Crippen molar-refractivity contribution in [3.63, 3.8) is 0 Å². The molecule has 1 aromatic carbocycles. The Kier molecular flexibility index (Phi) is 6.04. The number of likely N-dealkylation sites (N-methyl/N-ethyl adjacent to an activating group) is 1. The van der Waals surface area contributed by atoms with Gasteiger partial charge in [-0.3, -0.25) is 9.59 Å². The number of anilines is 1. The smallest absolute Gasteiger partial charge is 0.241 e. The number of amides is 2. The standard InChI is InChI=1S/C19H28N4O2/c1-22-9-11-23(12-10-22)18(24)14-15-5-4-6-16(13-15)21-19(25)17-7-2-3-8-20-17/h4-6,13,17,20H,2-3,7-12,14H2,1H3,(H,21,25)/t17-/m1/s1. The molecule has 0 spiro atoms. The van der Waals surface area contributed by atoms with Crippen molar-refractivity contribution in [1.82, 2.24) is 15.1 Å². The second-order valence-electron chi connectivity index (χ2n) is 7.05. The van der Waals surface area contributed by atoms with E-state index >= 15 is 0 Å². The SMILES string of the molecule is CN1CCN(C(=O)Cc2cccc(NC(=O)[C@H]3CCCCN3)c2)CC1. The van der Waals surface area contributed by atoms with Gasteiger partial charge in [0.15, 0.2) is 0 Å². The van der Waals surface area contributed by atoms with E-state index in [2.05, 4.69) is 22.6 Å². The number of carbonyl (C=O) groups excluding carboxylic acids is 2. The highest BCUT2D eigenvalue weighted by Gasteiger charge is 2.21. The highest BCUT2D eigenvalue weighted by Crippen LogP contribution is 2.15. The minimum atomic E-state index is -0.107. The highest BCUT2D eigenvalue weighted by molar-refractivity contribution is 5.95. The monoisotopic (exact) mass is 344 g/mol. The molecular formula is C19H28N4O2. The number of rotatable bonds is 4. The number of nitrogens with one attached hydrogen (secondary N) is 2. The van der Waals surface area contributed by atoms with Crippen LogP contribution in [0, 0.1) is 0 Å². The summed E-state index contributed by atoms with van der Waals surface area (Å²) in [4.78, 5) is 29.0. The Balaban J connectivity index is 1.55. The Bertz CT molecular complexity index is 605. The molecule has 0 bridgehead atoms. The van der Waals surface area contributed by atoms with Crippen LogP contribution in [-0.2, 0) is 16.0 Å². The zero-order valence-electron chi connectivity index (χ0n) is 15.0. The number of hydrogen-bond acceptors (Lipinski definition) is 4. The lowest BCUT2D eigenvalue weighted by Crippen LogP contribution is -2.47. The van der Waals surface area contributed by atoms with Crippen molar-refractivity contribution >= 4 is 17.5 Å². The average molecular weight is 344 g/mol. The molecule has 2 N–H and O–H groups in total. The summed E-state index contributed by atoms with van der Waals surface area (Å²) in [6.07, 6.45) is 3.49. The number of hydrogen-bond donors (Lipinski definition) is 2. The Morgan fingerprint density at radius 1 is 1.20 bits per heavy atom. The first-order valence-corrected chi connectivity index (χ1v) is 9.21. The first kappa shape index (κ1) is 17.9.